The van der Waals surface area contributed by atoms with E-state index >= 15 is 0 Å². The Balaban J connectivity index is 1.41. The summed E-state index contributed by atoms with van der Waals surface area (Å²) in [5, 5.41) is 2.95. The van der Waals surface area contributed by atoms with Crippen LogP contribution >= 0.6 is 15.9 Å². The maximum absolute atomic E-state index is 12.2. The minimum absolute atomic E-state index is 0.0141. The highest BCUT2D eigenvalue weighted by Gasteiger charge is 2.07. The Bertz CT molecular complexity index is 1070. The zero-order valence-electron chi connectivity index (χ0n) is 14.6. The molecule has 0 fully saturated rings. The van der Waals surface area contributed by atoms with Crippen molar-refractivity contribution < 1.29 is 4.79 Å². The third kappa shape index (κ3) is 4.26. The Kier molecular flexibility index (Phi) is 5.03. The van der Waals surface area contributed by atoms with Gasteiger partial charge in [0.15, 0.2) is 0 Å². The largest absolute Gasteiger partial charge is 0.338 e. The van der Waals surface area contributed by atoms with Crippen molar-refractivity contribution in [3.63, 3.8) is 0 Å². The van der Waals surface area contributed by atoms with Crippen LogP contribution in [0.3, 0.4) is 0 Å². The molecule has 4 nitrogen and oxygen atoms in total. The van der Waals surface area contributed by atoms with Gasteiger partial charge in [-0.05, 0) is 54.4 Å². The van der Waals surface area contributed by atoms with Gasteiger partial charge in [0.05, 0.1) is 11.0 Å². The molecule has 0 aliphatic rings. The number of halogens is 1. The first kappa shape index (κ1) is 17.5. The third-order valence-electron chi connectivity index (χ3n) is 4.37. The van der Waals surface area contributed by atoms with Gasteiger partial charge in [-0.2, -0.15) is 0 Å². The van der Waals surface area contributed by atoms with Crippen LogP contribution in [0.2, 0.25) is 0 Å². The molecule has 5 heteroatoms. The van der Waals surface area contributed by atoms with Crippen LogP contribution < -0.4 is 5.32 Å². The number of hydrogen-bond acceptors (Lipinski definition) is 2. The third-order valence-corrected chi connectivity index (χ3v) is 4.86. The number of aromatic nitrogens is 2. The van der Waals surface area contributed by atoms with Crippen LogP contribution in [0.4, 0.5) is 5.69 Å². The van der Waals surface area contributed by atoms with Gasteiger partial charge in [0.2, 0.25) is 5.91 Å². The molecule has 134 valence electrons. The van der Waals surface area contributed by atoms with Gasteiger partial charge in [0.1, 0.15) is 5.82 Å². The number of carbonyl (C=O) groups excluding carboxylic acids is 1. The van der Waals surface area contributed by atoms with Crippen molar-refractivity contribution in [1.29, 1.82) is 0 Å². The lowest BCUT2D eigenvalue weighted by molar-refractivity contribution is -0.116. The van der Waals surface area contributed by atoms with E-state index < -0.39 is 0 Å². The fraction of sp³-hybridized carbons (Fsp3) is 0.0909. The van der Waals surface area contributed by atoms with Crippen LogP contribution in [0.1, 0.15) is 12.0 Å². The van der Waals surface area contributed by atoms with Crippen LogP contribution in [-0.2, 0) is 11.2 Å². The average Bonchev–Trinajstić information content (AvgIpc) is 3.11. The number of fused-ring (bicyclic) bond motifs is 1. The smallest absolute Gasteiger partial charge is 0.224 e. The monoisotopic (exact) mass is 419 g/mol. The number of nitrogens with zero attached hydrogens (tertiary/aromatic N) is 1. The number of aryl methyl sites for hydroxylation is 1. The molecule has 0 aliphatic carbocycles. The minimum atomic E-state index is 0.0141. The fourth-order valence-corrected chi connectivity index (χ4v) is 3.32. The summed E-state index contributed by atoms with van der Waals surface area (Å²) in [4.78, 5) is 20.1. The van der Waals surface area contributed by atoms with E-state index in [0.717, 1.165) is 39.0 Å². The molecule has 27 heavy (non-hydrogen) atoms. The maximum Gasteiger partial charge on any atom is 0.224 e. The van der Waals surface area contributed by atoms with Crippen molar-refractivity contribution in [3.8, 4) is 11.4 Å². The Morgan fingerprint density at radius 3 is 2.56 bits per heavy atom. The Morgan fingerprint density at radius 2 is 1.78 bits per heavy atom. The lowest BCUT2D eigenvalue weighted by Gasteiger charge is -2.06. The van der Waals surface area contributed by atoms with Gasteiger partial charge in [0.25, 0.3) is 0 Å². The number of rotatable bonds is 5. The van der Waals surface area contributed by atoms with Gasteiger partial charge >= 0.3 is 0 Å². The number of hydrogen-bond donors (Lipinski definition) is 2. The first-order valence-corrected chi connectivity index (χ1v) is 9.56. The van der Waals surface area contributed by atoms with Gasteiger partial charge in [-0.3, -0.25) is 4.79 Å². The molecule has 0 spiro atoms. The molecule has 4 aromatic rings. The molecule has 3 aromatic carbocycles. The summed E-state index contributed by atoms with van der Waals surface area (Å²) in [5.74, 6) is 0.824. The summed E-state index contributed by atoms with van der Waals surface area (Å²) in [5.41, 5.74) is 4.84. The van der Waals surface area contributed by atoms with Gasteiger partial charge in [-0.15, -0.1) is 0 Å². The summed E-state index contributed by atoms with van der Waals surface area (Å²) in [7, 11) is 0. The average molecular weight is 420 g/mol. The minimum Gasteiger partial charge on any atom is -0.338 e. The number of benzene rings is 3. The molecule has 1 amide bonds. The second kappa shape index (κ2) is 7.76. The molecular weight excluding hydrogens is 402 g/mol. The highest BCUT2D eigenvalue weighted by molar-refractivity contribution is 9.10. The lowest BCUT2D eigenvalue weighted by Crippen LogP contribution is -2.12. The normalized spacial score (nSPS) is 10.9. The van der Waals surface area contributed by atoms with Gasteiger partial charge in [-0.25, -0.2) is 4.98 Å². The zero-order valence-corrected chi connectivity index (χ0v) is 16.2. The van der Waals surface area contributed by atoms with Crippen molar-refractivity contribution in [1.82, 2.24) is 9.97 Å². The van der Waals surface area contributed by atoms with E-state index in [1.807, 2.05) is 72.8 Å². The van der Waals surface area contributed by atoms with Crippen LogP contribution in [0.25, 0.3) is 22.4 Å². The highest BCUT2D eigenvalue weighted by Crippen LogP contribution is 2.24. The van der Waals surface area contributed by atoms with Gasteiger partial charge in [0, 0.05) is 22.1 Å². The standard InChI is InChI=1S/C22H18BrN3O/c23-17-9-12-19-20(14-17)26-22(25-19)16-7-10-18(11-8-16)24-21(27)13-6-15-4-2-1-3-5-15/h1-5,7-12,14H,6,13H2,(H,24,27)(H,25,26). The maximum atomic E-state index is 12.2. The summed E-state index contributed by atoms with van der Waals surface area (Å²) >= 11 is 3.47. The van der Waals surface area contributed by atoms with E-state index in [0.29, 0.717) is 6.42 Å². The topological polar surface area (TPSA) is 57.8 Å². The molecular formula is C22H18BrN3O. The van der Waals surface area contributed by atoms with Crippen molar-refractivity contribution in [2.24, 2.45) is 0 Å². The van der Waals surface area contributed by atoms with Crippen molar-refractivity contribution in [2.75, 3.05) is 5.32 Å². The second-order valence-electron chi connectivity index (χ2n) is 6.36. The number of imidazole rings is 1. The number of carbonyl (C=O) groups is 1. The Labute approximate surface area is 165 Å². The summed E-state index contributed by atoms with van der Waals surface area (Å²) in [6, 6.07) is 23.7. The van der Waals surface area contributed by atoms with E-state index in [4.69, 9.17) is 0 Å². The summed E-state index contributed by atoms with van der Waals surface area (Å²) in [6.07, 6.45) is 1.20. The molecule has 0 radical (unpaired) electrons. The van der Waals surface area contributed by atoms with E-state index in [2.05, 4.69) is 31.2 Å². The SMILES string of the molecule is O=C(CCc1ccccc1)Nc1ccc(-c2nc3ccc(Br)cc3[nH]2)cc1. The predicted octanol–water partition coefficient (Wildman–Crippen LogP) is 5.56. The molecule has 1 heterocycles. The quantitative estimate of drug-likeness (QED) is 0.444. The van der Waals surface area contributed by atoms with E-state index in [1.165, 1.54) is 5.56 Å². The Morgan fingerprint density at radius 1 is 1.00 bits per heavy atom. The van der Waals surface area contributed by atoms with E-state index in [-0.39, 0.29) is 5.91 Å². The van der Waals surface area contributed by atoms with Crippen molar-refractivity contribution in [2.45, 2.75) is 12.8 Å². The van der Waals surface area contributed by atoms with E-state index in [1.54, 1.807) is 0 Å². The molecule has 0 bridgehead atoms. The second-order valence-corrected chi connectivity index (χ2v) is 7.27. The van der Waals surface area contributed by atoms with E-state index in [9.17, 15) is 4.79 Å². The van der Waals surface area contributed by atoms with Crippen LogP contribution in [-0.4, -0.2) is 15.9 Å². The Hall–Kier alpha value is -2.92. The first-order chi connectivity index (χ1) is 13.2. The van der Waals surface area contributed by atoms with Crippen LogP contribution in [0.15, 0.2) is 77.3 Å². The molecule has 0 atom stereocenters. The molecule has 0 unspecified atom stereocenters. The summed E-state index contributed by atoms with van der Waals surface area (Å²) in [6.45, 7) is 0. The van der Waals surface area contributed by atoms with Crippen molar-refractivity contribution in [3.05, 3.63) is 82.8 Å². The highest BCUT2D eigenvalue weighted by atomic mass is 79.9. The lowest BCUT2D eigenvalue weighted by atomic mass is 10.1. The van der Waals surface area contributed by atoms with Gasteiger partial charge in [-0.1, -0.05) is 46.3 Å². The molecule has 0 saturated carbocycles. The first-order valence-electron chi connectivity index (χ1n) is 8.77. The summed E-state index contributed by atoms with van der Waals surface area (Å²) < 4.78 is 1.01. The number of H-pyrrole nitrogens is 1. The number of amides is 1. The number of nitrogens with one attached hydrogen (secondary N) is 2. The molecule has 0 aliphatic heterocycles. The number of anilines is 1. The van der Waals surface area contributed by atoms with Crippen LogP contribution in [0.5, 0.6) is 0 Å². The zero-order chi connectivity index (χ0) is 18.6. The fourth-order valence-electron chi connectivity index (χ4n) is 2.96. The molecule has 4 rings (SSSR count). The molecule has 1 aromatic heterocycles. The van der Waals surface area contributed by atoms with Crippen molar-refractivity contribution >= 4 is 38.6 Å². The molecule has 0 saturated heterocycles. The number of aromatic amines is 1. The van der Waals surface area contributed by atoms with Crippen LogP contribution in [0, 0.1) is 0 Å². The predicted molar refractivity (Wildman–Crippen MR) is 113 cm³/mol. The molecule has 2 N–H and O–H groups in total. The van der Waals surface area contributed by atoms with Gasteiger partial charge < -0.3 is 10.3 Å².